The third-order valence-corrected chi connectivity index (χ3v) is 2.96. The van der Waals surface area contributed by atoms with Gasteiger partial charge in [0.2, 0.25) is 0 Å². The topological polar surface area (TPSA) is 53.5 Å². The molecule has 0 saturated carbocycles. The Hall–Kier alpha value is -1.59. The summed E-state index contributed by atoms with van der Waals surface area (Å²) in [5.74, 6) is 1.28. The van der Waals surface area contributed by atoms with Gasteiger partial charge >= 0.3 is 0 Å². The van der Waals surface area contributed by atoms with Crippen molar-refractivity contribution in [2.24, 2.45) is 0 Å². The van der Waals surface area contributed by atoms with Gasteiger partial charge in [0, 0.05) is 18.6 Å². The summed E-state index contributed by atoms with van der Waals surface area (Å²) >= 11 is 6.07. The van der Waals surface area contributed by atoms with Crippen LogP contribution in [0.4, 0.5) is 0 Å². The molecule has 0 atom stereocenters. The molecule has 0 unspecified atom stereocenters. The molecule has 0 fully saturated rings. The van der Waals surface area contributed by atoms with Crippen molar-refractivity contribution in [3.05, 3.63) is 23.6 Å². The number of methoxy groups -OCH3 is 1. The van der Waals surface area contributed by atoms with Crippen molar-refractivity contribution >= 4 is 22.5 Å². The lowest BCUT2D eigenvalue weighted by Gasteiger charge is -2.13. The quantitative estimate of drug-likeness (QED) is 0.580. The van der Waals surface area contributed by atoms with E-state index in [0.29, 0.717) is 36.5 Å². The highest BCUT2D eigenvalue weighted by Gasteiger charge is 2.11. The summed E-state index contributed by atoms with van der Waals surface area (Å²) in [6, 6.07) is 3.62. The van der Waals surface area contributed by atoms with Crippen LogP contribution in [0.25, 0.3) is 10.9 Å². The number of ether oxygens (including phenoxy) is 3. The molecule has 1 heterocycles. The lowest BCUT2D eigenvalue weighted by molar-refractivity contribution is 0.143. The third-order valence-electron chi connectivity index (χ3n) is 2.66. The fraction of sp³-hybridized carbons (Fsp3) is 0.429. The monoisotopic (exact) mass is 296 g/mol. The number of aromatic nitrogens is 2. The Kier molecular flexibility index (Phi) is 5.38. The number of benzene rings is 1. The molecule has 1 aromatic heterocycles. The van der Waals surface area contributed by atoms with Gasteiger partial charge in [0.15, 0.2) is 11.5 Å². The molecule has 2 aromatic rings. The first-order chi connectivity index (χ1) is 9.76. The van der Waals surface area contributed by atoms with Gasteiger partial charge in [-0.2, -0.15) is 0 Å². The van der Waals surface area contributed by atoms with Crippen molar-refractivity contribution in [2.75, 3.05) is 26.9 Å². The molecular formula is C14H17ClN2O3. The van der Waals surface area contributed by atoms with Crippen LogP contribution >= 0.6 is 11.6 Å². The Morgan fingerprint density at radius 1 is 1.05 bits per heavy atom. The van der Waals surface area contributed by atoms with Crippen LogP contribution in [0.2, 0.25) is 5.15 Å². The summed E-state index contributed by atoms with van der Waals surface area (Å²) in [5, 5.41) is 1.14. The van der Waals surface area contributed by atoms with Gasteiger partial charge in [-0.3, -0.25) is 0 Å². The average molecular weight is 297 g/mol. The summed E-state index contributed by atoms with van der Waals surface area (Å²) in [7, 11) is 1.63. The summed E-state index contributed by atoms with van der Waals surface area (Å²) in [6.45, 7) is 3.61. The summed E-state index contributed by atoms with van der Waals surface area (Å²) < 4.78 is 16.3. The van der Waals surface area contributed by atoms with E-state index in [1.165, 1.54) is 6.33 Å². The highest BCUT2D eigenvalue weighted by molar-refractivity contribution is 6.34. The van der Waals surface area contributed by atoms with Crippen LogP contribution in [-0.2, 0) is 4.74 Å². The predicted molar refractivity (Wildman–Crippen MR) is 77.7 cm³/mol. The number of rotatable bonds is 7. The molecule has 0 aliphatic heterocycles. The minimum atomic E-state index is 0.397. The molecule has 0 amide bonds. The smallest absolute Gasteiger partial charge is 0.163 e. The second-order valence-corrected chi connectivity index (χ2v) is 4.53. The molecule has 0 spiro atoms. The Labute approximate surface area is 122 Å². The maximum absolute atomic E-state index is 6.07. The van der Waals surface area contributed by atoms with Crippen molar-refractivity contribution in [1.82, 2.24) is 9.97 Å². The van der Waals surface area contributed by atoms with E-state index >= 15 is 0 Å². The molecule has 5 nitrogen and oxygen atoms in total. The van der Waals surface area contributed by atoms with Gasteiger partial charge in [-0.1, -0.05) is 18.5 Å². The minimum Gasteiger partial charge on any atom is -0.490 e. The molecule has 0 N–H and O–H groups in total. The second kappa shape index (κ2) is 7.26. The van der Waals surface area contributed by atoms with E-state index in [-0.39, 0.29) is 0 Å². The molecule has 0 aliphatic rings. The van der Waals surface area contributed by atoms with Crippen molar-refractivity contribution in [3.8, 4) is 11.5 Å². The van der Waals surface area contributed by atoms with Crippen LogP contribution in [0, 0.1) is 0 Å². The zero-order chi connectivity index (χ0) is 14.4. The average Bonchev–Trinajstić information content (AvgIpc) is 2.46. The van der Waals surface area contributed by atoms with Crippen LogP contribution in [0.15, 0.2) is 18.5 Å². The Bertz CT molecular complexity index is 578. The standard InChI is InChI=1S/C14H17ClN2O3/c1-3-4-19-13-8-11-10(14(15)17-9-16-11)7-12(13)20-6-5-18-2/h7-9H,3-6H2,1-2H3. The molecule has 0 aliphatic carbocycles. The van der Waals surface area contributed by atoms with Gasteiger partial charge in [-0.05, 0) is 12.5 Å². The van der Waals surface area contributed by atoms with Gasteiger partial charge in [0.25, 0.3) is 0 Å². The maximum Gasteiger partial charge on any atom is 0.163 e. The SMILES string of the molecule is CCCOc1cc2ncnc(Cl)c2cc1OCCOC. The molecule has 6 heteroatoms. The zero-order valence-electron chi connectivity index (χ0n) is 11.6. The number of hydrogen-bond acceptors (Lipinski definition) is 5. The fourth-order valence-electron chi connectivity index (χ4n) is 1.71. The highest BCUT2D eigenvalue weighted by atomic mass is 35.5. The van der Waals surface area contributed by atoms with Crippen molar-refractivity contribution in [2.45, 2.75) is 13.3 Å². The summed E-state index contributed by atoms with van der Waals surface area (Å²) in [6.07, 6.45) is 2.35. The van der Waals surface area contributed by atoms with E-state index in [1.54, 1.807) is 13.2 Å². The van der Waals surface area contributed by atoms with E-state index in [4.69, 9.17) is 25.8 Å². The molecule has 108 valence electrons. The van der Waals surface area contributed by atoms with Crippen LogP contribution < -0.4 is 9.47 Å². The first-order valence-electron chi connectivity index (χ1n) is 6.45. The van der Waals surface area contributed by atoms with E-state index in [2.05, 4.69) is 9.97 Å². The predicted octanol–water partition coefficient (Wildman–Crippen LogP) is 3.10. The van der Waals surface area contributed by atoms with Gasteiger partial charge in [0.05, 0.1) is 18.7 Å². The van der Waals surface area contributed by atoms with Crippen LogP contribution in [0.3, 0.4) is 0 Å². The Morgan fingerprint density at radius 3 is 2.55 bits per heavy atom. The van der Waals surface area contributed by atoms with Crippen molar-refractivity contribution in [1.29, 1.82) is 0 Å². The van der Waals surface area contributed by atoms with Gasteiger partial charge in [-0.15, -0.1) is 0 Å². The molecular weight excluding hydrogens is 280 g/mol. The molecule has 0 bridgehead atoms. The molecule has 1 aromatic carbocycles. The number of halogens is 1. The van der Waals surface area contributed by atoms with E-state index in [9.17, 15) is 0 Å². The van der Waals surface area contributed by atoms with Gasteiger partial charge in [0.1, 0.15) is 18.1 Å². The number of hydrogen-bond donors (Lipinski definition) is 0. The highest BCUT2D eigenvalue weighted by Crippen LogP contribution is 2.34. The normalized spacial score (nSPS) is 10.8. The largest absolute Gasteiger partial charge is 0.490 e. The summed E-state index contributed by atoms with van der Waals surface area (Å²) in [4.78, 5) is 8.16. The maximum atomic E-state index is 6.07. The zero-order valence-corrected chi connectivity index (χ0v) is 12.3. The van der Waals surface area contributed by atoms with Crippen molar-refractivity contribution < 1.29 is 14.2 Å². The molecule has 20 heavy (non-hydrogen) atoms. The van der Waals surface area contributed by atoms with Gasteiger partial charge < -0.3 is 14.2 Å². The fourth-order valence-corrected chi connectivity index (χ4v) is 1.90. The van der Waals surface area contributed by atoms with Crippen LogP contribution in [-0.4, -0.2) is 36.9 Å². The lowest BCUT2D eigenvalue weighted by Crippen LogP contribution is -2.06. The van der Waals surface area contributed by atoms with Crippen LogP contribution in [0.1, 0.15) is 13.3 Å². The first-order valence-corrected chi connectivity index (χ1v) is 6.82. The molecule has 0 saturated heterocycles. The van der Waals surface area contributed by atoms with Gasteiger partial charge in [-0.25, -0.2) is 9.97 Å². The summed E-state index contributed by atoms with van der Waals surface area (Å²) in [5.41, 5.74) is 0.732. The Morgan fingerprint density at radius 2 is 1.80 bits per heavy atom. The number of nitrogens with zero attached hydrogens (tertiary/aromatic N) is 2. The molecule has 0 radical (unpaired) electrons. The number of fused-ring (bicyclic) bond motifs is 1. The first kappa shape index (κ1) is 14.8. The Balaban J connectivity index is 2.35. The minimum absolute atomic E-state index is 0.397. The second-order valence-electron chi connectivity index (χ2n) is 4.17. The third kappa shape index (κ3) is 3.49. The van der Waals surface area contributed by atoms with E-state index in [1.807, 2.05) is 13.0 Å². The van der Waals surface area contributed by atoms with Crippen molar-refractivity contribution in [3.63, 3.8) is 0 Å². The molecule has 2 rings (SSSR count). The van der Waals surface area contributed by atoms with Crippen LogP contribution in [0.5, 0.6) is 11.5 Å². The van der Waals surface area contributed by atoms with E-state index in [0.717, 1.165) is 17.3 Å². The lowest BCUT2D eigenvalue weighted by atomic mass is 10.2. The van der Waals surface area contributed by atoms with E-state index < -0.39 is 0 Å².